The van der Waals surface area contributed by atoms with Crippen molar-refractivity contribution in [3.63, 3.8) is 0 Å². The molecule has 0 atom stereocenters. The highest BCUT2D eigenvalue weighted by Gasteiger charge is 2.04. The fraction of sp³-hybridized carbons (Fsp3) is 0.500. The van der Waals surface area contributed by atoms with E-state index in [9.17, 15) is 4.79 Å². The molecule has 6 heteroatoms. The zero-order chi connectivity index (χ0) is 16.5. The quantitative estimate of drug-likeness (QED) is 0.422. The zero-order valence-electron chi connectivity index (χ0n) is 13.2. The first-order valence-electron chi connectivity index (χ1n) is 7.28. The molecule has 0 saturated heterocycles. The maximum atomic E-state index is 11.6. The van der Waals surface area contributed by atoms with Gasteiger partial charge >= 0.3 is 0 Å². The molecule has 1 N–H and O–H groups in total. The Morgan fingerprint density at radius 1 is 1.36 bits per heavy atom. The van der Waals surface area contributed by atoms with E-state index >= 15 is 0 Å². The molecule has 0 aliphatic rings. The minimum atomic E-state index is -0.117. The molecule has 1 aromatic carbocycles. The maximum absolute atomic E-state index is 11.6. The van der Waals surface area contributed by atoms with Gasteiger partial charge in [0.2, 0.25) is 5.91 Å². The molecule has 1 amide bonds. The second-order valence-corrected chi connectivity index (χ2v) is 6.35. The van der Waals surface area contributed by atoms with Crippen molar-refractivity contribution >= 4 is 34.8 Å². The Morgan fingerprint density at radius 2 is 2.09 bits per heavy atom. The van der Waals surface area contributed by atoms with Gasteiger partial charge < -0.3 is 4.74 Å². The van der Waals surface area contributed by atoms with Crippen molar-refractivity contribution in [3.8, 4) is 5.75 Å². The molecular formula is C16H22Cl2N2O2. The molecular weight excluding hydrogens is 323 g/mol. The SMILES string of the molecule is C/C(CC(C)C)=N\NC(=O)CCCOc1ccc(Cl)cc1Cl. The Bertz CT molecular complexity index is 531. The fourth-order valence-electron chi connectivity index (χ4n) is 1.86. The summed E-state index contributed by atoms with van der Waals surface area (Å²) in [6.45, 7) is 6.54. The number of hydrogen-bond donors (Lipinski definition) is 1. The molecule has 4 nitrogen and oxygen atoms in total. The number of hydrogen-bond acceptors (Lipinski definition) is 3. The summed E-state index contributed by atoms with van der Waals surface area (Å²) < 4.78 is 5.51. The number of rotatable bonds is 8. The van der Waals surface area contributed by atoms with Gasteiger partial charge in [-0.05, 0) is 43.9 Å². The molecule has 22 heavy (non-hydrogen) atoms. The van der Waals surface area contributed by atoms with E-state index in [1.807, 2.05) is 6.92 Å². The number of hydrazone groups is 1. The van der Waals surface area contributed by atoms with Gasteiger partial charge in [0.25, 0.3) is 0 Å². The third-order valence-electron chi connectivity index (χ3n) is 2.77. The van der Waals surface area contributed by atoms with E-state index in [4.69, 9.17) is 27.9 Å². The molecule has 0 heterocycles. The highest BCUT2D eigenvalue weighted by molar-refractivity contribution is 6.35. The molecule has 0 aromatic heterocycles. The summed E-state index contributed by atoms with van der Waals surface area (Å²) in [6.07, 6.45) is 1.81. The van der Waals surface area contributed by atoms with Gasteiger partial charge in [-0.3, -0.25) is 4.79 Å². The van der Waals surface area contributed by atoms with E-state index in [0.717, 1.165) is 12.1 Å². The zero-order valence-corrected chi connectivity index (χ0v) is 14.7. The summed E-state index contributed by atoms with van der Waals surface area (Å²) in [4.78, 5) is 11.6. The Balaban J connectivity index is 2.25. The Hall–Kier alpha value is -1.26. The standard InChI is InChI=1S/C16H22Cl2N2O2/c1-11(2)9-12(3)19-20-16(21)5-4-8-22-15-7-6-13(17)10-14(15)18/h6-7,10-11H,4-5,8-9H2,1-3H3,(H,20,21)/b19-12+. The summed E-state index contributed by atoms with van der Waals surface area (Å²) in [6, 6.07) is 5.05. The highest BCUT2D eigenvalue weighted by atomic mass is 35.5. The number of carbonyl (C=O) groups excluding carboxylic acids is 1. The monoisotopic (exact) mass is 344 g/mol. The topological polar surface area (TPSA) is 50.7 Å². The minimum Gasteiger partial charge on any atom is -0.492 e. The predicted octanol–water partition coefficient (Wildman–Crippen LogP) is 4.69. The van der Waals surface area contributed by atoms with Crippen LogP contribution in [0.15, 0.2) is 23.3 Å². The van der Waals surface area contributed by atoms with E-state index in [1.165, 1.54) is 0 Å². The first-order valence-corrected chi connectivity index (χ1v) is 8.04. The van der Waals surface area contributed by atoms with E-state index in [0.29, 0.717) is 41.2 Å². The molecule has 0 bridgehead atoms. The van der Waals surface area contributed by atoms with Crippen LogP contribution < -0.4 is 10.2 Å². The number of ether oxygens (including phenoxy) is 1. The van der Waals surface area contributed by atoms with Gasteiger partial charge in [-0.2, -0.15) is 5.10 Å². The van der Waals surface area contributed by atoms with Gasteiger partial charge in [-0.1, -0.05) is 37.0 Å². The maximum Gasteiger partial charge on any atom is 0.240 e. The first kappa shape index (κ1) is 18.8. The molecule has 0 aliphatic carbocycles. The summed E-state index contributed by atoms with van der Waals surface area (Å²) in [5, 5.41) is 5.09. The number of benzene rings is 1. The van der Waals surface area contributed by atoms with Crippen molar-refractivity contribution in [1.82, 2.24) is 5.43 Å². The van der Waals surface area contributed by atoms with Crippen LogP contribution in [-0.4, -0.2) is 18.2 Å². The van der Waals surface area contributed by atoms with Gasteiger partial charge in [0.1, 0.15) is 5.75 Å². The van der Waals surface area contributed by atoms with Gasteiger partial charge in [0, 0.05) is 17.2 Å². The normalized spacial score (nSPS) is 11.6. The lowest BCUT2D eigenvalue weighted by molar-refractivity contribution is -0.121. The number of carbonyl (C=O) groups is 1. The van der Waals surface area contributed by atoms with Gasteiger partial charge in [-0.25, -0.2) is 5.43 Å². The van der Waals surface area contributed by atoms with Gasteiger partial charge in [0.15, 0.2) is 0 Å². The molecule has 0 unspecified atom stereocenters. The average molecular weight is 345 g/mol. The Labute approximate surface area is 141 Å². The van der Waals surface area contributed by atoms with Crippen molar-refractivity contribution in [2.75, 3.05) is 6.61 Å². The van der Waals surface area contributed by atoms with Crippen LogP contribution in [0.5, 0.6) is 5.75 Å². The van der Waals surface area contributed by atoms with E-state index in [2.05, 4.69) is 24.4 Å². The summed E-state index contributed by atoms with van der Waals surface area (Å²) in [5.41, 5.74) is 3.48. The second-order valence-electron chi connectivity index (χ2n) is 5.51. The Morgan fingerprint density at radius 3 is 2.73 bits per heavy atom. The summed E-state index contributed by atoms with van der Waals surface area (Å²) in [5.74, 6) is 0.976. The lowest BCUT2D eigenvalue weighted by Gasteiger charge is -2.08. The lowest BCUT2D eigenvalue weighted by Crippen LogP contribution is -2.19. The van der Waals surface area contributed by atoms with E-state index in [1.54, 1.807) is 18.2 Å². The number of amides is 1. The summed E-state index contributed by atoms with van der Waals surface area (Å²) >= 11 is 11.8. The van der Waals surface area contributed by atoms with E-state index in [-0.39, 0.29) is 5.91 Å². The third-order valence-corrected chi connectivity index (χ3v) is 3.31. The molecule has 1 aromatic rings. The largest absolute Gasteiger partial charge is 0.492 e. The number of nitrogens with zero attached hydrogens (tertiary/aromatic N) is 1. The van der Waals surface area contributed by atoms with Crippen LogP contribution in [0.25, 0.3) is 0 Å². The Kier molecular flexibility index (Phi) is 8.28. The average Bonchev–Trinajstić information content (AvgIpc) is 2.42. The van der Waals surface area contributed by atoms with Gasteiger partial charge in [-0.15, -0.1) is 0 Å². The molecule has 0 aliphatic heterocycles. The summed E-state index contributed by atoms with van der Waals surface area (Å²) in [7, 11) is 0. The van der Waals surface area contributed by atoms with E-state index < -0.39 is 0 Å². The predicted molar refractivity (Wildman–Crippen MR) is 91.9 cm³/mol. The van der Waals surface area contributed by atoms with Crippen molar-refractivity contribution in [3.05, 3.63) is 28.2 Å². The van der Waals surface area contributed by atoms with Crippen LogP contribution in [0.1, 0.15) is 40.0 Å². The third kappa shape index (κ3) is 7.66. The van der Waals surface area contributed by atoms with Crippen LogP contribution in [0, 0.1) is 5.92 Å². The molecule has 0 radical (unpaired) electrons. The van der Waals surface area contributed by atoms with Crippen molar-refractivity contribution in [2.45, 2.75) is 40.0 Å². The van der Waals surface area contributed by atoms with Gasteiger partial charge in [0.05, 0.1) is 11.6 Å². The molecule has 0 spiro atoms. The lowest BCUT2D eigenvalue weighted by atomic mass is 10.1. The molecule has 0 fully saturated rings. The number of nitrogens with one attached hydrogen (secondary N) is 1. The smallest absolute Gasteiger partial charge is 0.240 e. The molecule has 1 rings (SSSR count). The molecule has 122 valence electrons. The number of halogens is 2. The minimum absolute atomic E-state index is 0.117. The van der Waals surface area contributed by atoms with Crippen LogP contribution in [-0.2, 0) is 4.79 Å². The fourth-order valence-corrected chi connectivity index (χ4v) is 2.32. The van der Waals surface area contributed by atoms with Crippen LogP contribution >= 0.6 is 23.2 Å². The van der Waals surface area contributed by atoms with Crippen LogP contribution in [0.4, 0.5) is 0 Å². The highest BCUT2D eigenvalue weighted by Crippen LogP contribution is 2.27. The first-order chi connectivity index (χ1) is 10.4. The van der Waals surface area contributed by atoms with Crippen LogP contribution in [0.2, 0.25) is 10.0 Å². The van der Waals surface area contributed by atoms with Crippen LogP contribution in [0.3, 0.4) is 0 Å². The van der Waals surface area contributed by atoms with Crippen molar-refractivity contribution in [2.24, 2.45) is 11.0 Å². The van der Waals surface area contributed by atoms with Crippen molar-refractivity contribution < 1.29 is 9.53 Å². The molecule has 0 saturated carbocycles. The second kappa shape index (κ2) is 9.70. The van der Waals surface area contributed by atoms with Crippen molar-refractivity contribution in [1.29, 1.82) is 0 Å².